The molecule has 0 aromatic heterocycles. The van der Waals surface area contributed by atoms with Gasteiger partial charge in [-0.25, -0.2) is 9.18 Å². The summed E-state index contributed by atoms with van der Waals surface area (Å²) in [6.45, 7) is 5.39. The van der Waals surface area contributed by atoms with E-state index >= 15 is 0 Å². The predicted octanol–water partition coefficient (Wildman–Crippen LogP) is 2.69. The quantitative estimate of drug-likeness (QED) is 0.642. The van der Waals surface area contributed by atoms with Crippen molar-refractivity contribution in [1.82, 2.24) is 4.90 Å². The molecule has 1 saturated heterocycles. The van der Waals surface area contributed by atoms with Crippen molar-refractivity contribution < 1.29 is 13.9 Å². The van der Waals surface area contributed by atoms with Crippen LogP contribution in [-0.2, 0) is 4.74 Å². The average molecular weight is 292 g/mol. The number of carbonyl (C=O) groups excluding carboxylic acids is 1. The van der Waals surface area contributed by atoms with Crippen LogP contribution in [0.15, 0.2) is 0 Å². The van der Waals surface area contributed by atoms with E-state index in [0.717, 1.165) is 0 Å². The highest BCUT2D eigenvalue weighted by molar-refractivity contribution is 9.12. The van der Waals surface area contributed by atoms with Gasteiger partial charge in [0.15, 0.2) is 0 Å². The van der Waals surface area contributed by atoms with E-state index in [0.29, 0.717) is 0 Å². The zero-order valence-corrected chi connectivity index (χ0v) is 11.2. The summed E-state index contributed by atoms with van der Waals surface area (Å²) >= 11 is 2.96. The lowest BCUT2D eigenvalue weighted by Gasteiger charge is -2.26. The smallest absolute Gasteiger partial charge is 0.411 e. The van der Waals surface area contributed by atoms with E-state index in [1.807, 2.05) is 0 Å². The van der Waals surface area contributed by atoms with Crippen LogP contribution in [0.5, 0.6) is 0 Å². The summed E-state index contributed by atoms with van der Waals surface area (Å²) in [4.78, 5) is 15.6. The number of nitrogens with zero attached hydrogens (tertiary/aromatic N) is 1. The van der Waals surface area contributed by atoms with Crippen molar-refractivity contribution >= 4 is 22.0 Å². The summed E-state index contributed by atoms with van der Waals surface area (Å²) in [7, 11) is 0. The number of likely N-dealkylation sites (tertiary alicyclic amines) is 1. The average Bonchev–Trinajstić information content (AvgIpc) is 2.44. The van der Waals surface area contributed by atoms with Crippen LogP contribution in [-0.4, -0.2) is 35.4 Å². The molecule has 3 nitrogen and oxygen atoms in total. The van der Waals surface area contributed by atoms with Crippen LogP contribution in [0.4, 0.5) is 9.18 Å². The fourth-order valence-electron chi connectivity index (χ4n) is 1.51. The van der Waals surface area contributed by atoms with Gasteiger partial charge in [0, 0.05) is 22.4 Å². The molecular formula is C11H15BrFNO2. The highest BCUT2D eigenvalue weighted by Crippen LogP contribution is 2.22. The zero-order valence-electron chi connectivity index (χ0n) is 9.59. The minimum absolute atomic E-state index is 0.0568. The first-order valence-electron chi connectivity index (χ1n) is 5.08. The predicted molar refractivity (Wildman–Crippen MR) is 62.9 cm³/mol. The Morgan fingerprint density at radius 1 is 1.56 bits per heavy atom. The van der Waals surface area contributed by atoms with E-state index in [9.17, 15) is 9.18 Å². The van der Waals surface area contributed by atoms with E-state index < -0.39 is 23.9 Å². The third-order valence-electron chi connectivity index (χ3n) is 2.10. The highest BCUT2D eigenvalue weighted by atomic mass is 79.9. The molecule has 0 saturated carbocycles. The summed E-state index contributed by atoms with van der Waals surface area (Å²) in [5.74, 6) is 2.74. The second-order valence-electron chi connectivity index (χ2n) is 4.72. The fraction of sp³-hybridized carbons (Fsp3) is 0.727. The summed E-state index contributed by atoms with van der Waals surface area (Å²) in [6.07, 6.45) is -1.28. The van der Waals surface area contributed by atoms with Crippen molar-refractivity contribution in [2.45, 2.75) is 45.0 Å². The molecule has 2 atom stereocenters. The molecule has 1 rings (SSSR count). The summed E-state index contributed by atoms with van der Waals surface area (Å²) in [5.41, 5.74) is -0.572. The molecule has 0 aromatic carbocycles. The van der Waals surface area contributed by atoms with Crippen LogP contribution in [0.1, 0.15) is 27.2 Å². The Labute approximate surface area is 103 Å². The van der Waals surface area contributed by atoms with Gasteiger partial charge in [0.1, 0.15) is 17.8 Å². The number of ether oxygens (including phenoxy) is 1. The Morgan fingerprint density at radius 2 is 2.19 bits per heavy atom. The van der Waals surface area contributed by atoms with Crippen LogP contribution < -0.4 is 0 Å². The molecule has 0 bridgehead atoms. The number of hydrogen-bond acceptors (Lipinski definition) is 2. The first-order valence-corrected chi connectivity index (χ1v) is 5.87. The van der Waals surface area contributed by atoms with Gasteiger partial charge in [-0.3, -0.25) is 4.90 Å². The van der Waals surface area contributed by atoms with Crippen molar-refractivity contribution in [2.75, 3.05) is 6.54 Å². The molecule has 0 aromatic rings. The molecule has 0 N–H and O–H groups in total. The largest absolute Gasteiger partial charge is 0.444 e. The Morgan fingerprint density at radius 3 is 2.69 bits per heavy atom. The van der Waals surface area contributed by atoms with E-state index in [2.05, 4.69) is 26.7 Å². The molecular weight excluding hydrogens is 277 g/mol. The number of carbonyl (C=O) groups is 1. The zero-order chi connectivity index (χ0) is 12.3. The number of amides is 1. The van der Waals surface area contributed by atoms with Crippen LogP contribution in [0.2, 0.25) is 0 Å². The van der Waals surface area contributed by atoms with E-state index in [4.69, 9.17) is 4.74 Å². The molecule has 1 aliphatic heterocycles. The van der Waals surface area contributed by atoms with Gasteiger partial charge in [-0.1, -0.05) is 5.92 Å². The van der Waals surface area contributed by atoms with Crippen molar-refractivity contribution in [1.29, 1.82) is 0 Å². The molecule has 1 fully saturated rings. The van der Waals surface area contributed by atoms with Gasteiger partial charge < -0.3 is 4.74 Å². The maximum Gasteiger partial charge on any atom is 0.411 e. The molecule has 0 spiro atoms. The standard InChI is InChI=1S/C11H15BrFNO2/c1-11(2,3)16-10(15)14-7-8(13)6-9(14)4-5-12/h8-9H,6-7H2,1-3H3/t8-,9+/m0/s1. The maximum absolute atomic E-state index is 13.2. The highest BCUT2D eigenvalue weighted by Gasteiger charge is 2.36. The second kappa shape index (κ2) is 5.05. The molecule has 1 amide bonds. The lowest BCUT2D eigenvalue weighted by atomic mass is 10.2. The first-order chi connectivity index (χ1) is 7.33. The minimum atomic E-state index is -1.02. The van der Waals surface area contributed by atoms with Crippen LogP contribution in [0, 0.1) is 10.8 Å². The topological polar surface area (TPSA) is 29.5 Å². The molecule has 5 heteroatoms. The Kier molecular flexibility index (Phi) is 4.20. The third kappa shape index (κ3) is 3.67. The lowest BCUT2D eigenvalue weighted by molar-refractivity contribution is 0.0251. The summed E-state index contributed by atoms with van der Waals surface area (Å²) < 4.78 is 18.4. The van der Waals surface area contributed by atoms with Gasteiger partial charge in [0.2, 0.25) is 0 Å². The lowest BCUT2D eigenvalue weighted by Crippen LogP contribution is -2.39. The van der Waals surface area contributed by atoms with Crippen LogP contribution >= 0.6 is 15.9 Å². The molecule has 0 radical (unpaired) electrons. The summed E-state index contributed by atoms with van der Waals surface area (Å²) in [5, 5.41) is 0. The first kappa shape index (κ1) is 13.3. The number of hydrogen-bond donors (Lipinski definition) is 0. The Balaban J connectivity index is 2.69. The van der Waals surface area contributed by atoms with E-state index in [-0.39, 0.29) is 13.0 Å². The van der Waals surface area contributed by atoms with Crippen molar-refractivity contribution in [3.63, 3.8) is 0 Å². The van der Waals surface area contributed by atoms with Gasteiger partial charge in [0.05, 0.1) is 6.54 Å². The maximum atomic E-state index is 13.2. The molecule has 0 aliphatic carbocycles. The molecule has 16 heavy (non-hydrogen) atoms. The fourth-order valence-corrected chi connectivity index (χ4v) is 1.77. The van der Waals surface area contributed by atoms with E-state index in [1.54, 1.807) is 20.8 Å². The van der Waals surface area contributed by atoms with Gasteiger partial charge in [-0.2, -0.15) is 0 Å². The summed E-state index contributed by atoms with van der Waals surface area (Å²) in [6, 6.07) is -0.399. The number of alkyl halides is 1. The van der Waals surface area contributed by atoms with Crippen molar-refractivity contribution in [3.05, 3.63) is 0 Å². The van der Waals surface area contributed by atoms with Crippen molar-refractivity contribution in [2.24, 2.45) is 0 Å². The Bertz CT molecular complexity index is 329. The molecule has 1 heterocycles. The molecule has 90 valence electrons. The molecule has 0 unspecified atom stereocenters. The minimum Gasteiger partial charge on any atom is -0.444 e. The van der Waals surface area contributed by atoms with Gasteiger partial charge >= 0.3 is 6.09 Å². The van der Waals surface area contributed by atoms with Gasteiger partial charge in [-0.15, -0.1) is 0 Å². The van der Waals surface area contributed by atoms with E-state index in [1.165, 1.54) is 4.90 Å². The SMILES string of the molecule is CC(C)(C)OC(=O)N1C[C@@H](F)C[C@H]1C#CBr. The number of rotatable bonds is 0. The third-order valence-corrected chi connectivity index (χ3v) is 2.33. The van der Waals surface area contributed by atoms with Gasteiger partial charge in [-0.05, 0) is 25.6 Å². The Hall–Kier alpha value is -0.760. The molecule has 1 aliphatic rings. The second-order valence-corrected chi connectivity index (χ2v) is 5.12. The van der Waals surface area contributed by atoms with Crippen molar-refractivity contribution in [3.8, 4) is 10.8 Å². The van der Waals surface area contributed by atoms with Crippen LogP contribution in [0.25, 0.3) is 0 Å². The van der Waals surface area contributed by atoms with Crippen LogP contribution in [0.3, 0.4) is 0 Å². The van der Waals surface area contributed by atoms with Gasteiger partial charge in [0.25, 0.3) is 0 Å². The monoisotopic (exact) mass is 291 g/mol. The normalized spacial score (nSPS) is 24.9. The number of halogens is 2.